The average Bonchev–Trinajstić information content (AvgIpc) is 2.15. The minimum atomic E-state index is -2.08. The second kappa shape index (κ2) is 4.68. The molecule has 4 nitrogen and oxygen atoms in total. The van der Waals surface area contributed by atoms with Crippen molar-refractivity contribution < 1.29 is 13.6 Å². The van der Waals surface area contributed by atoms with Gasteiger partial charge in [-0.3, -0.25) is 4.79 Å². The van der Waals surface area contributed by atoms with Crippen LogP contribution in [0.3, 0.4) is 0 Å². The lowest BCUT2D eigenvalue weighted by Gasteiger charge is -2.02. The Morgan fingerprint density at radius 2 is 2.14 bits per heavy atom. The van der Waals surface area contributed by atoms with Crippen LogP contribution in [0.1, 0.15) is 10.4 Å². The number of benzene rings is 1. The molecule has 1 unspecified atom stereocenters. The summed E-state index contributed by atoms with van der Waals surface area (Å²) in [6.45, 7) is 0. The zero-order chi connectivity index (χ0) is 10.7. The van der Waals surface area contributed by atoms with Gasteiger partial charge in [-0.25, -0.2) is 4.21 Å². The monoisotopic (exact) mass is 277 g/mol. The Morgan fingerprint density at radius 3 is 2.64 bits per heavy atom. The fourth-order valence-electron chi connectivity index (χ4n) is 0.939. The SMILES string of the molecule is CNC(=O)c1cc(Br)cc(S(=O)O)c1. The van der Waals surface area contributed by atoms with Gasteiger partial charge in [0.1, 0.15) is 0 Å². The molecule has 0 heterocycles. The summed E-state index contributed by atoms with van der Waals surface area (Å²) in [7, 11) is 1.50. The quantitative estimate of drug-likeness (QED) is 0.803. The third-order valence-corrected chi connectivity index (χ3v) is 2.66. The fraction of sp³-hybridized carbons (Fsp3) is 0.125. The molecular formula is C8H8BrNO3S. The van der Waals surface area contributed by atoms with Crippen LogP contribution in [0.25, 0.3) is 0 Å². The van der Waals surface area contributed by atoms with E-state index < -0.39 is 11.1 Å². The molecular weight excluding hydrogens is 270 g/mol. The van der Waals surface area contributed by atoms with Gasteiger partial charge in [-0.15, -0.1) is 0 Å². The van der Waals surface area contributed by atoms with Crippen LogP contribution >= 0.6 is 15.9 Å². The summed E-state index contributed by atoms with van der Waals surface area (Å²) in [6, 6.07) is 4.44. The van der Waals surface area contributed by atoms with Crippen LogP contribution in [0.2, 0.25) is 0 Å². The van der Waals surface area contributed by atoms with Crippen molar-refractivity contribution in [1.29, 1.82) is 0 Å². The summed E-state index contributed by atoms with van der Waals surface area (Å²) in [5, 5.41) is 2.43. The molecule has 0 saturated carbocycles. The van der Waals surface area contributed by atoms with E-state index in [0.717, 1.165) is 0 Å². The zero-order valence-electron chi connectivity index (χ0n) is 7.28. The van der Waals surface area contributed by atoms with Crippen LogP contribution in [0, 0.1) is 0 Å². The van der Waals surface area contributed by atoms with Crippen molar-refractivity contribution in [3.8, 4) is 0 Å². The van der Waals surface area contributed by atoms with Gasteiger partial charge in [-0.05, 0) is 18.2 Å². The Labute approximate surface area is 92.1 Å². The van der Waals surface area contributed by atoms with Gasteiger partial charge in [0, 0.05) is 17.1 Å². The highest BCUT2D eigenvalue weighted by Crippen LogP contribution is 2.17. The molecule has 2 N–H and O–H groups in total. The van der Waals surface area contributed by atoms with E-state index in [4.69, 9.17) is 4.55 Å². The third kappa shape index (κ3) is 2.63. The van der Waals surface area contributed by atoms with Crippen molar-refractivity contribution in [1.82, 2.24) is 5.32 Å². The van der Waals surface area contributed by atoms with E-state index in [2.05, 4.69) is 21.2 Å². The lowest BCUT2D eigenvalue weighted by Crippen LogP contribution is -2.17. The first-order valence-corrected chi connectivity index (χ1v) is 5.58. The van der Waals surface area contributed by atoms with Gasteiger partial charge in [0.15, 0.2) is 11.1 Å². The number of rotatable bonds is 2. The van der Waals surface area contributed by atoms with Crippen LogP contribution < -0.4 is 5.32 Å². The van der Waals surface area contributed by atoms with Gasteiger partial charge < -0.3 is 9.87 Å². The second-order valence-electron chi connectivity index (χ2n) is 2.50. The fourth-order valence-corrected chi connectivity index (χ4v) is 2.04. The summed E-state index contributed by atoms with van der Waals surface area (Å²) in [5.74, 6) is -0.294. The first kappa shape index (κ1) is 11.4. The Kier molecular flexibility index (Phi) is 3.79. The molecule has 0 aliphatic heterocycles. The predicted molar refractivity (Wildman–Crippen MR) is 56.6 cm³/mol. The topological polar surface area (TPSA) is 66.4 Å². The zero-order valence-corrected chi connectivity index (χ0v) is 9.68. The van der Waals surface area contributed by atoms with Crippen molar-refractivity contribution in [2.24, 2.45) is 0 Å². The standard InChI is InChI=1S/C8H8BrNO3S/c1-10-8(11)5-2-6(9)4-7(3-5)14(12)13/h2-4H,1H3,(H,10,11)(H,12,13). The molecule has 0 bridgehead atoms. The smallest absolute Gasteiger partial charge is 0.251 e. The Morgan fingerprint density at radius 1 is 1.50 bits per heavy atom. The molecule has 0 aromatic heterocycles. The lowest BCUT2D eigenvalue weighted by molar-refractivity contribution is 0.0963. The van der Waals surface area contributed by atoms with E-state index in [1.807, 2.05) is 0 Å². The molecule has 1 atom stereocenters. The normalized spacial score (nSPS) is 12.2. The molecule has 76 valence electrons. The molecule has 0 aliphatic rings. The van der Waals surface area contributed by atoms with Crippen LogP contribution in [0.4, 0.5) is 0 Å². The maximum atomic E-state index is 11.2. The van der Waals surface area contributed by atoms with Crippen LogP contribution in [0.5, 0.6) is 0 Å². The first-order valence-electron chi connectivity index (χ1n) is 3.68. The minimum Gasteiger partial charge on any atom is -0.355 e. The second-order valence-corrected chi connectivity index (χ2v) is 4.39. The Bertz CT molecular complexity index is 394. The number of hydrogen-bond donors (Lipinski definition) is 2. The van der Waals surface area contributed by atoms with Gasteiger partial charge in [0.2, 0.25) is 0 Å². The van der Waals surface area contributed by atoms with E-state index in [9.17, 15) is 9.00 Å². The average molecular weight is 278 g/mol. The van der Waals surface area contributed by atoms with E-state index in [1.54, 1.807) is 6.07 Å². The van der Waals surface area contributed by atoms with E-state index in [0.29, 0.717) is 10.0 Å². The molecule has 0 saturated heterocycles. The van der Waals surface area contributed by atoms with E-state index in [-0.39, 0.29) is 10.8 Å². The van der Waals surface area contributed by atoms with Crippen LogP contribution in [0.15, 0.2) is 27.6 Å². The molecule has 0 fully saturated rings. The molecule has 6 heteroatoms. The van der Waals surface area contributed by atoms with Crippen molar-refractivity contribution in [3.63, 3.8) is 0 Å². The summed E-state index contributed by atoms with van der Waals surface area (Å²) in [5.41, 5.74) is 0.347. The number of hydrogen-bond acceptors (Lipinski definition) is 2. The van der Waals surface area contributed by atoms with Crippen molar-refractivity contribution in [3.05, 3.63) is 28.2 Å². The first-order chi connectivity index (χ1) is 6.54. The van der Waals surface area contributed by atoms with Crippen molar-refractivity contribution >= 4 is 32.9 Å². The number of amides is 1. The molecule has 1 aromatic carbocycles. The maximum absolute atomic E-state index is 11.2. The molecule has 0 spiro atoms. The minimum absolute atomic E-state index is 0.193. The van der Waals surface area contributed by atoms with Gasteiger partial charge in [-0.2, -0.15) is 0 Å². The predicted octanol–water partition coefficient (Wildman–Crippen LogP) is 1.39. The highest BCUT2D eigenvalue weighted by atomic mass is 79.9. The summed E-state index contributed by atoms with van der Waals surface area (Å²) in [6.07, 6.45) is 0. The lowest BCUT2D eigenvalue weighted by atomic mass is 10.2. The Balaban J connectivity index is 3.20. The highest BCUT2D eigenvalue weighted by Gasteiger charge is 2.08. The van der Waals surface area contributed by atoms with Gasteiger partial charge in [0.25, 0.3) is 5.91 Å². The number of carbonyl (C=O) groups is 1. The molecule has 0 radical (unpaired) electrons. The number of carbonyl (C=O) groups excluding carboxylic acids is 1. The molecule has 1 aromatic rings. The number of nitrogens with one attached hydrogen (secondary N) is 1. The van der Waals surface area contributed by atoms with Crippen molar-refractivity contribution in [2.45, 2.75) is 4.90 Å². The van der Waals surface area contributed by atoms with Gasteiger partial charge in [0.05, 0.1) is 4.90 Å². The summed E-state index contributed by atoms with van der Waals surface area (Å²) in [4.78, 5) is 11.4. The molecule has 1 rings (SSSR count). The van der Waals surface area contributed by atoms with Gasteiger partial charge >= 0.3 is 0 Å². The largest absolute Gasteiger partial charge is 0.355 e. The molecule has 14 heavy (non-hydrogen) atoms. The Hall–Kier alpha value is -0.720. The third-order valence-electron chi connectivity index (χ3n) is 1.56. The molecule has 0 aliphatic carbocycles. The van der Waals surface area contributed by atoms with Crippen molar-refractivity contribution in [2.75, 3.05) is 7.05 Å². The highest BCUT2D eigenvalue weighted by molar-refractivity contribution is 9.10. The summed E-state index contributed by atoms with van der Waals surface area (Å²) < 4.78 is 20.2. The van der Waals surface area contributed by atoms with E-state index in [1.165, 1.54) is 19.2 Å². The van der Waals surface area contributed by atoms with Crippen LogP contribution in [-0.4, -0.2) is 21.7 Å². The summed E-state index contributed by atoms with van der Waals surface area (Å²) >= 11 is 1.08. The molecule has 1 amide bonds. The van der Waals surface area contributed by atoms with E-state index >= 15 is 0 Å². The van der Waals surface area contributed by atoms with Gasteiger partial charge in [-0.1, -0.05) is 15.9 Å². The maximum Gasteiger partial charge on any atom is 0.251 e. The van der Waals surface area contributed by atoms with Crippen LogP contribution in [-0.2, 0) is 11.1 Å². The number of halogens is 1.